The first kappa shape index (κ1) is 21.5. The molecule has 0 saturated carbocycles. The topological polar surface area (TPSA) is 76.8 Å². The predicted molar refractivity (Wildman–Crippen MR) is 110 cm³/mol. The van der Waals surface area contributed by atoms with E-state index in [9.17, 15) is 9.18 Å². The largest absolute Gasteiger partial charge is 0.441 e. The lowest BCUT2D eigenvalue weighted by Crippen LogP contribution is -2.40. The van der Waals surface area contributed by atoms with E-state index >= 15 is 0 Å². The Morgan fingerprint density at radius 3 is 2.69 bits per heavy atom. The number of cyclic esters (lactones) is 1. The molecule has 7 nitrogen and oxygen atoms in total. The molecule has 2 aromatic rings. The van der Waals surface area contributed by atoms with E-state index < -0.39 is 26.3 Å². The molecule has 1 N–H and O–H groups in total. The number of benzene rings is 1. The quantitative estimate of drug-likeness (QED) is 0.717. The molecular weight excluding hydrogens is 393 g/mol. The van der Waals surface area contributed by atoms with Crippen LogP contribution in [-0.4, -0.2) is 48.6 Å². The Labute approximate surface area is 171 Å². The van der Waals surface area contributed by atoms with Crippen molar-refractivity contribution in [2.75, 3.05) is 18.1 Å². The highest BCUT2D eigenvalue weighted by molar-refractivity contribution is 6.74. The van der Waals surface area contributed by atoms with Gasteiger partial charge in [0.2, 0.25) is 0 Å². The number of hydrogen-bond acceptors (Lipinski definition) is 5. The van der Waals surface area contributed by atoms with Gasteiger partial charge in [-0.2, -0.15) is 5.10 Å². The molecule has 0 aliphatic carbocycles. The molecule has 0 unspecified atom stereocenters. The van der Waals surface area contributed by atoms with Crippen molar-refractivity contribution in [3.63, 3.8) is 0 Å². The van der Waals surface area contributed by atoms with Gasteiger partial charge in [0.05, 0.1) is 31.6 Å². The van der Waals surface area contributed by atoms with Crippen molar-refractivity contribution in [1.29, 1.82) is 0 Å². The fourth-order valence-corrected chi connectivity index (χ4v) is 3.68. The SMILES string of the molecule is CC(C)(C)[Si](C)(C)OCc1cnn(-c2ccc(N3C[C@H](CO)OC3=O)cc2F)c1. The van der Waals surface area contributed by atoms with Crippen LogP contribution in [0.4, 0.5) is 14.9 Å². The second kappa shape index (κ2) is 7.89. The summed E-state index contributed by atoms with van der Waals surface area (Å²) in [5.41, 5.74) is 1.52. The van der Waals surface area contributed by atoms with Crippen molar-refractivity contribution in [3.05, 3.63) is 42.0 Å². The Kier molecular flexibility index (Phi) is 5.84. The molecule has 9 heteroatoms. The number of rotatable bonds is 6. The van der Waals surface area contributed by atoms with Crippen molar-refractivity contribution in [1.82, 2.24) is 9.78 Å². The maximum Gasteiger partial charge on any atom is 0.414 e. The van der Waals surface area contributed by atoms with Gasteiger partial charge in [-0.05, 0) is 36.3 Å². The molecule has 29 heavy (non-hydrogen) atoms. The second-order valence-corrected chi connectivity index (χ2v) is 13.6. The number of ether oxygens (including phenoxy) is 1. The molecule has 1 amide bonds. The smallest absolute Gasteiger partial charge is 0.414 e. The van der Waals surface area contributed by atoms with Gasteiger partial charge in [-0.3, -0.25) is 4.90 Å². The zero-order chi connectivity index (χ0) is 21.4. The average Bonchev–Trinajstić information content (AvgIpc) is 3.25. The third kappa shape index (κ3) is 4.52. The van der Waals surface area contributed by atoms with E-state index in [1.165, 1.54) is 15.6 Å². The van der Waals surface area contributed by atoms with Gasteiger partial charge in [0.1, 0.15) is 11.8 Å². The summed E-state index contributed by atoms with van der Waals surface area (Å²) < 4.78 is 27.4. The van der Waals surface area contributed by atoms with E-state index in [0.29, 0.717) is 12.3 Å². The van der Waals surface area contributed by atoms with E-state index in [1.807, 2.05) is 0 Å². The molecule has 0 spiro atoms. The third-order valence-corrected chi connectivity index (χ3v) is 10.1. The number of anilines is 1. The molecule has 2 heterocycles. The predicted octanol–water partition coefficient (Wildman–Crippen LogP) is 3.85. The number of aliphatic hydroxyl groups is 1. The minimum Gasteiger partial charge on any atom is -0.441 e. The molecule has 0 radical (unpaired) electrons. The van der Waals surface area contributed by atoms with Crippen LogP contribution in [0, 0.1) is 5.82 Å². The maximum absolute atomic E-state index is 14.7. The molecule has 1 aliphatic heterocycles. The zero-order valence-electron chi connectivity index (χ0n) is 17.5. The first-order valence-electron chi connectivity index (χ1n) is 9.58. The van der Waals surface area contributed by atoms with Crippen LogP contribution < -0.4 is 4.90 Å². The third-order valence-electron chi connectivity index (χ3n) is 5.61. The summed E-state index contributed by atoms with van der Waals surface area (Å²) in [6.45, 7) is 11.2. The fourth-order valence-electron chi connectivity index (χ4n) is 2.72. The number of hydrogen-bond donors (Lipinski definition) is 1. The van der Waals surface area contributed by atoms with Gasteiger partial charge in [0.15, 0.2) is 14.1 Å². The molecule has 1 atom stereocenters. The number of nitrogens with zero attached hydrogens (tertiary/aromatic N) is 3. The summed E-state index contributed by atoms with van der Waals surface area (Å²) >= 11 is 0. The zero-order valence-corrected chi connectivity index (χ0v) is 18.5. The normalized spacial score (nSPS) is 17.7. The maximum atomic E-state index is 14.7. The summed E-state index contributed by atoms with van der Waals surface area (Å²) in [4.78, 5) is 13.2. The van der Waals surface area contributed by atoms with Gasteiger partial charge in [-0.1, -0.05) is 20.8 Å². The van der Waals surface area contributed by atoms with Gasteiger partial charge >= 0.3 is 6.09 Å². The first-order valence-corrected chi connectivity index (χ1v) is 12.5. The highest BCUT2D eigenvalue weighted by Gasteiger charge is 2.37. The number of amides is 1. The van der Waals surface area contributed by atoms with Crippen LogP contribution in [0.15, 0.2) is 30.6 Å². The summed E-state index contributed by atoms with van der Waals surface area (Å²) in [7, 11) is -1.88. The molecule has 1 aliphatic rings. The van der Waals surface area contributed by atoms with Crippen molar-refractivity contribution in [2.45, 2.75) is 51.6 Å². The number of aliphatic hydroxyl groups excluding tert-OH is 1. The summed E-state index contributed by atoms with van der Waals surface area (Å²) in [5.74, 6) is -0.511. The molecule has 158 valence electrons. The Balaban J connectivity index is 1.73. The lowest BCUT2D eigenvalue weighted by molar-refractivity contribution is 0.0963. The molecule has 1 aromatic heterocycles. The van der Waals surface area contributed by atoms with Crippen molar-refractivity contribution in [3.8, 4) is 5.69 Å². The van der Waals surface area contributed by atoms with E-state index in [0.717, 1.165) is 5.56 Å². The minimum absolute atomic E-state index is 0.108. The average molecular weight is 422 g/mol. The molecular formula is C20H28FN3O4Si. The first-order chi connectivity index (χ1) is 13.5. The van der Waals surface area contributed by atoms with Crippen LogP contribution >= 0.6 is 0 Å². The summed E-state index contributed by atoms with van der Waals surface area (Å²) in [5, 5.41) is 13.5. The second-order valence-electron chi connectivity index (χ2n) is 8.78. The number of carbonyl (C=O) groups is 1. The van der Waals surface area contributed by atoms with Crippen LogP contribution in [0.1, 0.15) is 26.3 Å². The summed E-state index contributed by atoms with van der Waals surface area (Å²) in [6, 6.07) is 4.46. The van der Waals surface area contributed by atoms with Crippen LogP contribution in [-0.2, 0) is 15.8 Å². The fraction of sp³-hybridized carbons (Fsp3) is 0.500. The van der Waals surface area contributed by atoms with Crippen molar-refractivity contribution >= 4 is 20.1 Å². The van der Waals surface area contributed by atoms with Gasteiger partial charge < -0.3 is 14.3 Å². The molecule has 0 bridgehead atoms. The van der Waals surface area contributed by atoms with Crippen molar-refractivity contribution in [2.24, 2.45) is 0 Å². The van der Waals surface area contributed by atoms with E-state index in [2.05, 4.69) is 39.0 Å². The molecule has 1 aromatic carbocycles. The molecule has 3 rings (SSSR count). The number of aromatic nitrogens is 2. The highest BCUT2D eigenvalue weighted by atomic mass is 28.4. The van der Waals surface area contributed by atoms with E-state index in [1.54, 1.807) is 24.5 Å². The van der Waals surface area contributed by atoms with Crippen LogP contribution in [0.25, 0.3) is 5.69 Å². The Hall–Kier alpha value is -2.23. The van der Waals surface area contributed by atoms with E-state index in [4.69, 9.17) is 14.3 Å². The Morgan fingerprint density at radius 1 is 1.38 bits per heavy atom. The molecule has 1 fully saturated rings. The summed E-state index contributed by atoms with van der Waals surface area (Å²) in [6.07, 6.45) is 2.22. The monoisotopic (exact) mass is 421 g/mol. The van der Waals surface area contributed by atoms with Crippen LogP contribution in [0.5, 0.6) is 0 Å². The standard InChI is InChI=1S/C20H28FN3O4Si/c1-20(2,3)29(4,5)27-13-14-9-22-24(10-14)18-7-6-15(8-17(18)21)23-11-16(12-25)28-19(23)26/h6-10,16,25H,11-13H2,1-5H3/t16-/m1/s1. The van der Waals surface area contributed by atoms with Gasteiger partial charge in [0.25, 0.3) is 0 Å². The van der Waals surface area contributed by atoms with Gasteiger partial charge in [-0.15, -0.1) is 0 Å². The van der Waals surface area contributed by atoms with Gasteiger partial charge in [0, 0.05) is 11.8 Å². The van der Waals surface area contributed by atoms with E-state index in [-0.39, 0.29) is 23.9 Å². The van der Waals surface area contributed by atoms with Crippen LogP contribution in [0.2, 0.25) is 18.1 Å². The highest BCUT2D eigenvalue weighted by Crippen LogP contribution is 2.37. The Morgan fingerprint density at radius 2 is 2.10 bits per heavy atom. The lowest BCUT2D eigenvalue weighted by Gasteiger charge is -2.36. The number of halogens is 1. The van der Waals surface area contributed by atoms with Gasteiger partial charge in [-0.25, -0.2) is 13.9 Å². The Bertz CT molecular complexity index is 894. The van der Waals surface area contributed by atoms with Crippen LogP contribution in [0.3, 0.4) is 0 Å². The van der Waals surface area contributed by atoms with Crippen molar-refractivity contribution < 1.29 is 23.5 Å². The molecule has 1 saturated heterocycles. The number of carbonyl (C=O) groups excluding carboxylic acids is 1. The minimum atomic E-state index is -1.88. The lowest BCUT2D eigenvalue weighted by atomic mass is 10.2.